The quantitative estimate of drug-likeness (QED) is 0.237. The summed E-state index contributed by atoms with van der Waals surface area (Å²) in [5.41, 5.74) is 1.07. The summed E-state index contributed by atoms with van der Waals surface area (Å²) in [6.45, 7) is 5.63. The second-order valence-corrected chi connectivity index (χ2v) is 8.89. The zero-order valence-electron chi connectivity index (χ0n) is 18.5. The van der Waals surface area contributed by atoms with E-state index in [1.54, 1.807) is 17.6 Å². The Bertz CT molecular complexity index is 937. The number of halogens is 1. The largest absolute Gasteiger partial charge is 0.469 e. The molecule has 4 heterocycles. The number of thiophene rings is 1. The van der Waals surface area contributed by atoms with Gasteiger partial charge in [0.2, 0.25) is 0 Å². The molecule has 3 aromatic heterocycles. The van der Waals surface area contributed by atoms with Crippen LogP contribution in [0, 0.1) is 6.92 Å². The van der Waals surface area contributed by atoms with Crippen LogP contribution in [0.2, 0.25) is 0 Å². The van der Waals surface area contributed by atoms with Crippen LogP contribution >= 0.6 is 35.3 Å². The van der Waals surface area contributed by atoms with E-state index in [0.717, 1.165) is 75.1 Å². The molecule has 0 aliphatic carbocycles. The summed E-state index contributed by atoms with van der Waals surface area (Å²) in [4.78, 5) is 13.3. The fourth-order valence-electron chi connectivity index (χ4n) is 3.80. The van der Waals surface area contributed by atoms with Crippen molar-refractivity contribution in [2.45, 2.75) is 38.6 Å². The average molecular weight is 566 g/mol. The zero-order valence-corrected chi connectivity index (χ0v) is 21.6. The van der Waals surface area contributed by atoms with Gasteiger partial charge in [-0.2, -0.15) is 0 Å². The monoisotopic (exact) mass is 565 g/mol. The van der Waals surface area contributed by atoms with Crippen molar-refractivity contribution >= 4 is 47.1 Å². The van der Waals surface area contributed by atoms with Crippen LogP contribution in [0.25, 0.3) is 0 Å². The molecule has 0 amide bonds. The minimum atomic E-state index is 0. The van der Waals surface area contributed by atoms with Crippen molar-refractivity contribution in [1.29, 1.82) is 0 Å². The van der Waals surface area contributed by atoms with Gasteiger partial charge in [-0.15, -0.1) is 35.3 Å². The second-order valence-electron chi connectivity index (χ2n) is 7.86. The summed E-state index contributed by atoms with van der Waals surface area (Å²) < 4.78 is 5.45. The molecule has 0 atom stereocenters. The number of furan rings is 1. The molecule has 0 spiro atoms. The number of piperidine rings is 1. The first kappa shape index (κ1) is 24.6. The zero-order chi connectivity index (χ0) is 21.3. The van der Waals surface area contributed by atoms with Crippen LogP contribution in [-0.4, -0.2) is 43.2 Å². The van der Waals surface area contributed by atoms with Gasteiger partial charge in [-0.25, -0.2) is 4.98 Å². The van der Waals surface area contributed by atoms with E-state index >= 15 is 0 Å². The lowest BCUT2D eigenvalue weighted by Gasteiger charge is -2.34. The number of aromatic nitrogens is 1. The van der Waals surface area contributed by atoms with Gasteiger partial charge in [-0.3, -0.25) is 4.99 Å². The summed E-state index contributed by atoms with van der Waals surface area (Å²) in [5, 5.41) is 9.28. The summed E-state index contributed by atoms with van der Waals surface area (Å²) in [6, 6.07) is 14.9. The SMILES string of the molecule is Cc1cccc(N2CCC(NC(=NCCc3cccs3)NCCc3ccco3)CC2)n1.I. The van der Waals surface area contributed by atoms with Gasteiger partial charge < -0.3 is 20.0 Å². The molecule has 8 heteroatoms. The van der Waals surface area contributed by atoms with Crippen LogP contribution in [0.15, 0.2) is 63.5 Å². The number of nitrogens with one attached hydrogen (secondary N) is 2. The third kappa shape index (κ3) is 7.51. The van der Waals surface area contributed by atoms with Crippen molar-refractivity contribution in [3.05, 3.63) is 70.4 Å². The Hall–Kier alpha value is -2.07. The molecule has 1 saturated heterocycles. The molecular formula is C24H32IN5OS. The van der Waals surface area contributed by atoms with Crippen LogP contribution in [0.5, 0.6) is 0 Å². The highest BCUT2D eigenvalue weighted by molar-refractivity contribution is 14.0. The maximum atomic E-state index is 5.45. The molecule has 0 aromatic carbocycles. The van der Waals surface area contributed by atoms with Gasteiger partial charge >= 0.3 is 0 Å². The minimum Gasteiger partial charge on any atom is -0.469 e. The van der Waals surface area contributed by atoms with Gasteiger partial charge in [0.05, 0.1) is 6.26 Å². The lowest BCUT2D eigenvalue weighted by Crippen LogP contribution is -2.49. The average Bonchev–Trinajstić information content (AvgIpc) is 3.49. The molecule has 1 aliphatic rings. The molecule has 2 N–H and O–H groups in total. The molecule has 1 fully saturated rings. The highest BCUT2D eigenvalue weighted by Crippen LogP contribution is 2.18. The Balaban J connectivity index is 0.00000289. The Kier molecular flexibility index (Phi) is 9.86. The number of hydrogen-bond acceptors (Lipinski definition) is 5. The molecule has 32 heavy (non-hydrogen) atoms. The number of aryl methyl sites for hydroxylation is 1. The van der Waals surface area contributed by atoms with Gasteiger partial charge in [-0.05, 0) is 55.5 Å². The molecular weight excluding hydrogens is 533 g/mol. The fraction of sp³-hybridized carbons (Fsp3) is 0.417. The van der Waals surface area contributed by atoms with Gasteiger partial charge in [0.15, 0.2) is 5.96 Å². The standard InChI is InChI=1S/C24H31N5OS.HI/c1-19-5-2-8-23(27-19)29-15-11-20(12-16-29)28-24(25-13-9-21-6-3-17-30-21)26-14-10-22-7-4-18-31-22;/h2-8,17-18,20H,9-16H2,1H3,(H2,25,26,28);1H. The topological polar surface area (TPSA) is 65.7 Å². The minimum absolute atomic E-state index is 0. The van der Waals surface area contributed by atoms with Crippen molar-refractivity contribution in [2.75, 3.05) is 31.1 Å². The predicted molar refractivity (Wildman–Crippen MR) is 143 cm³/mol. The summed E-state index contributed by atoms with van der Waals surface area (Å²) in [5.74, 6) is 2.97. The predicted octanol–water partition coefficient (Wildman–Crippen LogP) is 4.65. The van der Waals surface area contributed by atoms with Crippen LogP contribution in [0.1, 0.15) is 29.2 Å². The van der Waals surface area contributed by atoms with E-state index in [9.17, 15) is 0 Å². The Morgan fingerprint density at radius 3 is 2.75 bits per heavy atom. The second kappa shape index (κ2) is 12.8. The third-order valence-corrected chi connectivity index (χ3v) is 6.42. The Morgan fingerprint density at radius 1 is 1.16 bits per heavy atom. The van der Waals surface area contributed by atoms with E-state index < -0.39 is 0 Å². The van der Waals surface area contributed by atoms with E-state index in [-0.39, 0.29) is 24.0 Å². The van der Waals surface area contributed by atoms with Crippen LogP contribution in [0.3, 0.4) is 0 Å². The number of anilines is 1. The molecule has 0 unspecified atom stereocenters. The number of rotatable bonds is 8. The normalized spacial score (nSPS) is 14.8. The van der Waals surface area contributed by atoms with Crippen LogP contribution in [0.4, 0.5) is 5.82 Å². The Morgan fingerprint density at radius 2 is 2.03 bits per heavy atom. The van der Waals surface area contributed by atoms with E-state index in [0.29, 0.717) is 6.04 Å². The van der Waals surface area contributed by atoms with Crippen molar-refractivity contribution in [2.24, 2.45) is 4.99 Å². The smallest absolute Gasteiger partial charge is 0.191 e. The first-order valence-electron chi connectivity index (χ1n) is 11.0. The molecule has 0 radical (unpaired) electrons. The maximum absolute atomic E-state index is 5.45. The molecule has 3 aromatic rings. The van der Waals surface area contributed by atoms with E-state index in [4.69, 9.17) is 9.41 Å². The van der Waals surface area contributed by atoms with Crippen molar-refractivity contribution in [3.8, 4) is 0 Å². The molecule has 0 bridgehead atoms. The van der Waals surface area contributed by atoms with Gasteiger partial charge in [0, 0.05) is 55.6 Å². The van der Waals surface area contributed by atoms with Gasteiger partial charge in [-0.1, -0.05) is 12.1 Å². The highest BCUT2D eigenvalue weighted by atomic mass is 127. The van der Waals surface area contributed by atoms with Crippen molar-refractivity contribution in [1.82, 2.24) is 15.6 Å². The van der Waals surface area contributed by atoms with E-state index in [2.05, 4.69) is 50.2 Å². The first-order chi connectivity index (χ1) is 15.3. The number of aliphatic imine (C=N–C) groups is 1. The van der Waals surface area contributed by atoms with Gasteiger partial charge in [0.1, 0.15) is 11.6 Å². The summed E-state index contributed by atoms with van der Waals surface area (Å²) >= 11 is 1.79. The lowest BCUT2D eigenvalue weighted by atomic mass is 10.1. The van der Waals surface area contributed by atoms with E-state index in [1.165, 1.54) is 4.88 Å². The fourth-order valence-corrected chi connectivity index (χ4v) is 4.49. The van der Waals surface area contributed by atoms with Crippen LogP contribution < -0.4 is 15.5 Å². The molecule has 6 nitrogen and oxygen atoms in total. The number of guanidine groups is 1. The number of hydrogen-bond donors (Lipinski definition) is 2. The number of nitrogens with zero attached hydrogens (tertiary/aromatic N) is 3. The first-order valence-corrected chi connectivity index (χ1v) is 11.9. The van der Waals surface area contributed by atoms with Crippen LogP contribution in [-0.2, 0) is 12.8 Å². The maximum Gasteiger partial charge on any atom is 0.191 e. The molecule has 4 rings (SSSR count). The summed E-state index contributed by atoms with van der Waals surface area (Å²) in [6.07, 6.45) is 5.68. The van der Waals surface area contributed by atoms with Gasteiger partial charge in [0.25, 0.3) is 0 Å². The third-order valence-electron chi connectivity index (χ3n) is 5.49. The molecule has 172 valence electrons. The molecule has 1 aliphatic heterocycles. The highest BCUT2D eigenvalue weighted by Gasteiger charge is 2.21. The summed E-state index contributed by atoms with van der Waals surface area (Å²) in [7, 11) is 0. The number of pyridine rings is 1. The molecule has 0 saturated carbocycles. The van der Waals surface area contributed by atoms with Crippen molar-refractivity contribution < 1.29 is 4.42 Å². The van der Waals surface area contributed by atoms with E-state index in [1.807, 2.05) is 25.1 Å². The van der Waals surface area contributed by atoms with Crippen molar-refractivity contribution in [3.63, 3.8) is 0 Å². The lowest BCUT2D eigenvalue weighted by molar-refractivity contribution is 0.458. The Labute approximate surface area is 211 Å².